The van der Waals surface area contributed by atoms with E-state index in [0.29, 0.717) is 13.0 Å². The normalized spacial score (nSPS) is 26.9. The van der Waals surface area contributed by atoms with Crippen LogP contribution in [-0.2, 0) is 4.79 Å². The van der Waals surface area contributed by atoms with E-state index in [0.717, 1.165) is 25.9 Å². The Morgan fingerprint density at radius 3 is 2.86 bits per heavy atom. The van der Waals surface area contributed by atoms with Gasteiger partial charge >= 0.3 is 5.97 Å². The van der Waals surface area contributed by atoms with Gasteiger partial charge in [-0.25, -0.2) is 0 Å². The first kappa shape index (κ1) is 11.4. The number of carboxylic acid groups (broad SMARTS) is 1. The highest BCUT2D eigenvalue weighted by Gasteiger charge is 2.19. The number of aliphatic hydroxyl groups excluding tert-OH is 1. The van der Waals surface area contributed by atoms with E-state index in [1.807, 2.05) is 4.90 Å². The number of hydrogen-bond acceptors (Lipinski definition) is 4. The van der Waals surface area contributed by atoms with Crippen molar-refractivity contribution in [2.45, 2.75) is 31.4 Å². The first-order valence-corrected chi connectivity index (χ1v) is 4.98. The largest absolute Gasteiger partial charge is 0.480 e. The second-order valence-electron chi connectivity index (χ2n) is 3.83. The molecule has 0 radical (unpaired) electrons. The van der Waals surface area contributed by atoms with Gasteiger partial charge in [-0.2, -0.15) is 0 Å². The lowest BCUT2D eigenvalue weighted by atomic mass is 10.2. The van der Waals surface area contributed by atoms with Gasteiger partial charge in [0.2, 0.25) is 0 Å². The molecule has 2 atom stereocenters. The molecule has 0 aromatic rings. The molecule has 1 heterocycles. The minimum atomic E-state index is -0.963. The number of nitrogens with zero attached hydrogens (tertiary/aromatic N) is 1. The summed E-state index contributed by atoms with van der Waals surface area (Å²) in [7, 11) is 0. The zero-order valence-electron chi connectivity index (χ0n) is 8.22. The van der Waals surface area contributed by atoms with Crippen LogP contribution in [0.25, 0.3) is 0 Å². The lowest BCUT2D eigenvalue weighted by Crippen LogP contribution is -2.43. The Kier molecular flexibility index (Phi) is 4.31. The van der Waals surface area contributed by atoms with Crippen LogP contribution in [0.1, 0.15) is 19.3 Å². The SMILES string of the molecule is NC(CN1CCCC(O)CC1)C(=O)O. The Hall–Kier alpha value is -0.650. The van der Waals surface area contributed by atoms with E-state index in [2.05, 4.69) is 0 Å². The third kappa shape index (κ3) is 3.61. The zero-order valence-corrected chi connectivity index (χ0v) is 8.22. The molecular weight excluding hydrogens is 184 g/mol. The van der Waals surface area contributed by atoms with Crippen molar-refractivity contribution in [1.82, 2.24) is 4.90 Å². The molecule has 14 heavy (non-hydrogen) atoms. The summed E-state index contributed by atoms with van der Waals surface area (Å²) in [6.45, 7) is 1.95. The Morgan fingerprint density at radius 1 is 1.50 bits per heavy atom. The van der Waals surface area contributed by atoms with E-state index in [4.69, 9.17) is 10.8 Å². The summed E-state index contributed by atoms with van der Waals surface area (Å²) in [6.07, 6.45) is 2.19. The summed E-state index contributed by atoms with van der Waals surface area (Å²) in [4.78, 5) is 12.5. The van der Waals surface area contributed by atoms with Crippen molar-refractivity contribution >= 4 is 5.97 Å². The monoisotopic (exact) mass is 202 g/mol. The fourth-order valence-electron chi connectivity index (χ4n) is 1.68. The van der Waals surface area contributed by atoms with E-state index in [1.54, 1.807) is 0 Å². The van der Waals surface area contributed by atoms with E-state index in [-0.39, 0.29) is 6.10 Å². The number of aliphatic carboxylic acids is 1. The van der Waals surface area contributed by atoms with Gasteiger partial charge in [-0.15, -0.1) is 0 Å². The van der Waals surface area contributed by atoms with Crippen molar-refractivity contribution in [2.24, 2.45) is 5.73 Å². The molecule has 1 aliphatic heterocycles. The number of nitrogens with two attached hydrogens (primary N) is 1. The molecule has 0 aliphatic carbocycles. The van der Waals surface area contributed by atoms with Crippen LogP contribution >= 0.6 is 0 Å². The van der Waals surface area contributed by atoms with Gasteiger partial charge in [0, 0.05) is 13.1 Å². The van der Waals surface area contributed by atoms with Gasteiger partial charge in [-0.05, 0) is 25.8 Å². The summed E-state index contributed by atoms with van der Waals surface area (Å²) in [5.74, 6) is -0.963. The average Bonchev–Trinajstić information content (AvgIpc) is 2.31. The molecule has 0 spiro atoms. The topological polar surface area (TPSA) is 86.8 Å². The van der Waals surface area contributed by atoms with Gasteiger partial charge in [-0.3, -0.25) is 4.79 Å². The average molecular weight is 202 g/mol. The van der Waals surface area contributed by atoms with E-state index < -0.39 is 12.0 Å². The van der Waals surface area contributed by atoms with Gasteiger partial charge in [0.1, 0.15) is 6.04 Å². The highest BCUT2D eigenvalue weighted by Crippen LogP contribution is 2.10. The Bertz CT molecular complexity index is 198. The summed E-state index contributed by atoms with van der Waals surface area (Å²) >= 11 is 0. The Balaban J connectivity index is 2.33. The third-order valence-electron chi connectivity index (χ3n) is 2.56. The number of rotatable bonds is 3. The van der Waals surface area contributed by atoms with Crippen LogP contribution in [0, 0.1) is 0 Å². The van der Waals surface area contributed by atoms with Gasteiger partial charge < -0.3 is 20.8 Å². The molecular formula is C9H18N2O3. The maximum atomic E-state index is 10.5. The highest BCUT2D eigenvalue weighted by atomic mass is 16.4. The summed E-state index contributed by atoms with van der Waals surface area (Å²) in [6, 6.07) is -0.815. The fraction of sp³-hybridized carbons (Fsp3) is 0.889. The molecule has 5 nitrogen and oxygen atoms in total. The summed E-state index contributed by atoms with van der Waals surface area (Å²) in [5, 5.41) is 18.0. The lowest BCUT2D eigenvalue weighted by molar-refractivity contribution is -0.139. The standard InChI is InChI=1S/C9H18N2O3/c10-8(9(13)14)6-11-4-1-2-7(12)3-5-11/h7-8,12H,1-6,10H2,(H,13,14). The minimum Gasteiger partial charge on any atom is -0.480 e. The second kappa shape index (κ2) is 5.29. The first-order valence-electron chi connectivity index (χ1n) is 4.98. The number of aliphatic hydroxyl groups is 1. The molecule has 1 fully saturated rings. The third-order valence-corrected chi connectivity index (χ3v) is 2.56. The number of hydrogen-bond donors (Lipinski definition) is 3. The van der Waals surface area contributed by atoms with Crippen LogP contribution in [0.5, 0.6) is 0 Å². The smallest absolute Gasteiger partial charge is 0.321 e. The van der Waals surface area contributed by atoms with Crippen LogP contribution in [0.15, 0.2) is 0 Å². The molecule has 0 bridgehead atoms. The minimum absolute atomic E-state index is 0.235. The van der Waals surface area contributed by atoms with Crippen molar-refractivity contribution in [3.63, 3.8) is 0 Å². The molecule has 0 saturated carbocycles. The van der Waals surface area contributed by atoms with Crippen molar-refractivity contribution in [3.05, 3.63) is 0 Å². The van der Waals surface area contributed by atoms with E-state index in [1.165, 1.54) is 0 Å². The number of carbonyl (C=O) groups is 1. The van der Waals surface area contributed by atoms with Crippen molar-refractivity contribution in [3.8, 4) is 0 Å². The van der Waals surface area contributed by atoms with Gasteiger partial charge in [-0.1, -0.05) is 0 Å². The quantitative estimate of drug-likeness (QED) is 0.560. The first-order chi connectivity index (χ1) is 6.59. The second-order valence-corrected chi connectivity index (χ2v) is 3.83. The summed E-state index contributed by atoms with van der Waals surface area (Å²) in [5.41, 5.74) is 5.43. The summed E-state index contributed by atoms with van der Waals surface area (Å²) < 4.78 is 0. The van der Waals surface area contributed by atoms with E-state index in [9.17, 15) is 9.90 Å². The van der Waals surface area contributed by atoms with Crippen molar-refractivity contribution < 1.29 is 15.0 Å². The molecule has 82 valence electrons. The van der Waals surface area contributed by atoms with Crippen LogP contribution in [-0.4, -0.2) is 52.9 Å². The molecule has 4 N–H and O–H groups in total. The van der Waals surface area contributed by atoms with Crippen LogP contribution in [0.4, 0.5) is 0 Å². The maximum Gasteiger partial charge on any atom is 0.321 e. The molecule has 2 unspecified atom stereocenters. The Labute approximate surface area is 83.5 Å². The predicted molar refractivity (Wildman–Crippen MR) is 51.9 cm³/mol. The van der Waals surface area contributed by atoms with Gasteiger partial charge in [0.25, 0.3) is 0 Å². The Morgan fingerprint density at radius 2 is 2.21 bits per heavy atom. The van der Waals surface area contributed by atoms with Crippen LogP contribution in [0.2, 0.25) is 0 Å². The van der Waals surface area contributed by atoms with Gasteiger partial charge in [0.15, 0.2) is 0 Å². The van der Waals surface area contributed by atoms with Crippen molar-refractivity contribution in [1.29, 1.82) is 0 Å². The molecule has 1 saturated heterocycles. The van der Waals surface area contributed by atoms with E-state index >= 15 is 0 Å². The molecule has 1 aliphatic rings. The van der Waals surface area contributed by atoms with Gasteiger partial charge in [0.05, 0.1) is 6.10 Å². The molecule has 0 aromatic carbocycles. The van der Waals surface area contributed by atoms with Crippen LogP contribution in [0.3, 0.4) is 0 Å². The lowest BCUT2D eigenvalue weighted by Gasteiger charge is -2.21. The molecule has 5 heteroatoms. The molecule has 1 rings (SSSR count). The maximum absolute atomic E-state index is 10.5. The molecule has 0 aromatic heterocycles. The fourth-order valence-corrected chi connectivity index (χ4v) is 1.68. The van der Waals surface area contributed by atoms with Crippen LogP contribution < -0.4 is 5.73 Å². The predicted octanol–water partition coefficient (Wildman–Crippen LogP) is -0.755. The highest BCUT2D eigenvalue weighted by molar-refractivity contribution is 5.73. The molecule has 0 amide bonds. The van der Waals surface area contributed by atoms with Crippen molar-refractivity contribution in [2.75, 3.05) is 19.6 Å². The zero-order chi connectivity index (χ0) is 10.6. The number of carboxylic acids is 1. The number of likely N-dealkylation sites (tertiary alicyclic amines) is 1.